The highest BCUT2D eigenvalue weighted by atomic mass is 35.5. The van der Waals surface area contributed by atoms with Crippen molar-refractivity contribution in [1.29, 1.82) is 0 Å². The fourth-order valence-corrected chi connectivity index (χ4v) is 1.93. The van der Waals surface area contributed by atoms with E-state index in [1.165, 1.54) is 12.3 Å². The molecule has 0 bridgehead atoms. The molecule has 1 unspecified atom stereocenters. The molecule has 3 nitrogen and oxygen atoms in total. The van der Waals surface area contributed by atoms with E-state index in [4.69, 9.17) is 17.4 Å². The zero-order valence-electron chi connectivity index (χ0n) is 9.20. The predicted molar refractivity (Wildman–Crippen MR) is 64.8 cm³/mol. The number of aromatic nitrogens is 1. The molecule has 1 atom stereocenters. The number of hydrogen-bond donors (Lipinski definition) is 2. The molecule has 0 saturated heterocycles. The van der Waals surface area contributed by atoms with Gasteiger partial charge < -0.3 is 0 Å². The Morgan fingerprint density at radius 2 is 1.83 bits per heavy atom. The Morgan fingerprint density at radius 3 is 2.39 bits per heavy atom. The smallest absolute Gasteiger partial charge is 0.131 e. The average Bonchev–Trinajstić information content (AvgIpc) is 2.35. The summed E-state index contributed by atoms with van der Waals surface area (Å²) < 4.78 is 27.4. The van der Waals surface area contributed by atoms with E-state index in [1.54, 1.807) is 12.1 Å². The van der Waals surface area contributed by atoms with Crippen LogP contribution in [0.2, 0.25) is 5.02 Å². The summed E-state index contributed by atoms with van der Waals surface area (Å²) in [5.74, 6) is 3.94. The summed E-state index contributed by atoms with van der Waals surface area (Å²) in [5.41, 5.74) is 2.39. The normalized spacial score (nSPS) is 12.4. The van der Waals surface area contributed by atoms with Gasteiger partial charge in [0.05, 0.1) is 16.8 Å². The molecular weight excluding hydrogens is 260 g/mol. The van der Waals surface area contributed by atoms with Gasteiger partial charge in [-0.1, -0.05) is 17.7 Å². The maximum absolute atomic E-state index is 13.7. The second-order valence-corrected chi connectivity index (χ2v) is 4.01. The molecule has 0 amide bonds. The van der Waals surface area contributed by atoms with Gasteiger partial charge in [-0.3, -0.25) is 10.8 Å². The Bertz CT molecular complexity index is 543. The molecule has 0 aliphatic rings. The van der Waals surface area contributed by atoms with E-state index in [-0.39, 0.29) is 16.3 Å². The van der Waals surface area contributed by atoms with Crippen molar-refractivity contribution in [1.82, 2.24) is 10.4 Å². The molecule has 0 aliphatic carbocycles. The van der Waals surface area contributed by atoms with Gasteiger partial charge in [0.1, 0.15) is 11.6 Å². The van der Waals surface area contributed by atoms with E-state index in [0.29, 0.717) is 0 Å². The van der Waals surface area contributed by atoms with Crippen molar-refractivity contribution in [3.63, 3.8) is 0 Å². The minimum Gasteiger partial charge on any atom is -0.271 e. The number of nitrogens with two attached hydrogens (primary N) is 1. The average molecular weight is 270 g/mol. The van der Waals surface area contributed by atoms with Crippen molar-refractivity contribution in [3.8, 4) is 0 Å². The van der Waals surface area contributed by atoms with Crippen LogP contribution in [-0.4, -0.2) is 4.98 Å². The van der Waals surface area contributed by atoms with Crippen LogP contribution in [-0.2, 0) is 0 Å². The van der Waals surface area contributed by atoms with Gasteiger partial charge in [-0.2, -0.15) is 0 Å². The minimum absolute atomic E-state index is 0.208. The van der Waals surface area contributed by atoms with Crippen LogP contribution in [0.1, 0.15) is 17.3 Å². The molecule has 1 aromatic heterocycles. The molecule has 1 heterocycles. The Labute approximate surface area is 108 Å². The number of nitrogens with one attached hydrogen (secondary N) is 1. The van der Waals surface area contributed by atoms with Crippen LogP contribution in [0.3, 0.4) is 0 Å². The molecule has 2 rings (SSSR count). The standard InChI is InChI=1S/C12H10ClF2N3/c13-7-3-2-6-17-11(7)12(18-16)10-8(14)4-1-5-9(10)15/h1-6,12,18H,16H2. The van der Waals surface area contributed by atoms with Gasteiger partial charge in [-0.05, 0) is 24.3 Å². The van der Waals surface area contributed by atoms with E-state index in [0.717, 1.165) is 12.1 Å². The predicted octanol–water partition coefficient (Wildman–Crippen LogP) is 2.57. The van der Waals surface area contributed by atoms with Crippen LogP contribution < -0.4 is 11.3 Å². The lowest BCUT2D eigenvalue weighted by Gasteiger charge is -2.18. The maximum atomic E-state index is 13.7. The quantitative estimate of drug-likeness (QED) is 0.665. The third-order valence-corrected chi connectivity index (χ3v) is 2.84. The highest BCUT2D eigenvalue weighted by molar-refractivity contribution is 6.31. The summed E-state index contributed by atoms with van der Waals surface area (Å²) in [6.07, 6.45) is 1.48. The Hall–Kier alpha value is -1.56. The summed E-state index contributed by atoms with van der Waals surface area (Å²) in [5, 5.41) is 0.281. The zero-order chi connectivity index (χ0) is 13.1. The molecule has 1 aromatic carbocycles. The van der Waals surface area contributed by atoms with Crippen molar-refractivity contribution < 1.29 is 8.78 Å². The van der Waals surface area contributed by atoms with E-state index in [2.05, 4.69) is 10.4 Å². The Balaban J connectivity index is 2.56. The number of hydrogen-bond acceptors (Lipinski definition) is 3. The minimum atomic E-state index is -0.945. The molecule has 6 heteroatoms. The zero-order valence-corrected chi connectivity index (χ0v) is 9.96. The SMILES string of the molecule is NNC(c1ncccc1Cl)c1c(F)cccc1F. The lowest BCUT2D eigenvalue weighted by atomic mass is 10.0. The second kappa shape index (κ2) is 5.39. The second-order valence-electron chi connectivity index (χ2n) is 3.61. The molecule has 3 N–H and O–H groups in total. The Morgan fingerprint density at radius 1 is 1.17 bits per heavy atom. The number of nitrogens with zero attached hydrogens (tertiary/aromatic N) is 1. The number of pyridine rings is 1. The van der Waals surface area contributed by atoms with Gasteiger partial charge >= 0.3 is 0 Å². The first kappa shape index (κ1) is 12.9. The first-order valence-electron chi connectivity index (χ1n) is 5.15. The lowest BCUT2D eigenvalue weighted by molar-refractivity contribution is 0.505. The van der Waals surface area contributed by atoms with E-state index < -0.39 is 17.7 Å². The van der Waals surface area contributed by atoms with E-state index in [9.17, 15) is 8.78 Å². The van der Waals surface area contributed by atoms with Gasteiger partial charge in [0.2, 0.25) is 0 Å². The van der Waals surface area contributed by atoms with Crippen molar-refractivity contribution in [2.75, 3.05) is 0 Å². The summed E-state index contributed by atoms with van der Waals surface area (Å²) >= 11 is 5.95. The van der Waals surface area contributed by atoms with Gasteiger partial charge in [-0.15, -0.1) is 0 Å². The molecule has 0 fully saturated rings. The number of halogens is 3. The highest BCUT2D eigenvalue weighted by Gasteiger charge is 2.23. The van der Waals surface area contributed by atoms with Gasteiger partial charge in [0.25, 0.3) is 0 Å². The summed E-state index contributed by atoms with van der Waals surface area (Å²) in [4.78, 5) is 4.00. The van der Waals surface area contributed by atoms with Crippen LogP contribution in [0, 0.1) is 11.6 Å². The number of rotatable bonds is 3. The molecule has 0 spiro atoms. The van der Waals surface area contributed by atoms with Crippen LogP contribution >= 0.6 is 11.6 Å². The fourth-order valence-electron chi connectivity index (χ4n) is 1.70. The molecule has 18 heavy (non-hydrogen) atoms. The van der Waals surface area contributed by atoms with Gasteiger partial charge in [0.15, 0.2) is 0 Å². The van der Waals surface area contributed by atoms with E-state index in [1.807, 2.05) is 0 Å². The molecule has 0 aliphatic heterocycles. The van der Waals surface area contributed by atoms with Crippen LogP contribution in [0.4, 0.5) is 8.78 Å². The molecule has 0 radical (unpaired) electrons. The molecular formula is C12H10ClF2N3. The van der Waals surface area contributed by atoms with Crippen molar-refractivity contribution in [2.45, 2.75) is 6.04 Å². The molecule has 0 saturated carbocycles. The topological polar surface area (TPSA) is 50.9 Å². The number of hydrazine groups is 1. The van der Waals surface area contributed by atoms with Crippen molar-refractivity contribution >= 4 is 11.6 Å². The third-order valence-electron chi connectivity index (χ3n) is 2.52. The van der Waals surface area contributed by atoms with Crippen molar-refractivity contribution in [3.05, 3.63) is 64.4 Å². The summed E-state index contributed by atoms with van der Waals surface area (Å²) in [7, 11) is 0. The lowest BCUT2D eigenvalue weighted by Crippen LogP contribution is -2.31. The van der Waals surface area contributed by atoms with Gasteiger partial charge in [0, 0.05) is 11.8 Å². The fraction of sp³-hybridized carbons (Fsp3) is 0.0833. The van der Waals surface area contributed by atoms with E-state index >= 15 is 0 Å². The number of benzene rings is 1. The third kappa shape index (κ3) is 2.33. The Kier molecular flexibility index (Phi) is 3.86. The van der Waals surface area contributed by atoms with Crippen LogP contribution in [0.5, 0.6) is 0 Å². The summed E-state index contributed by atoms with van der Waals surface area (Å²) in [6.45, 7) is 0. The molecule has 2 aromatic rings. The van der Waals surface area contributed by atoms with Crippen molar-refractivity contribution in [2.24, 2.45) is 5.84 Å². The first-order chi connectivity index (χ1) is 8.65. The monoisotopic (exact) mass is 269 g/mol. The van der Waals surface area contributed by atoms with Crippen LogP contribution in [0.15, 0.2) is 36.5 Å². The highest BCUT2D eigenvalue weighted by Crippen LogP contribution is 2.29. The van der Waals surface area contributed by atoms with Crippen LogP contribution in [0.25, 0.3) is 0 Å². The largest absolute Gasteiger partial charge is 0.271 e. The maximum Gasteiger partial charge on any atom is 0.131 e. The summed E-state index contributed by atoms with van der Waals surface area (Å²) in [6, 6.07) is 5.84. The van der Waals surface area contributed by atoms with Gasteiger partial charge in [-0.25, -0.2) is 14.2 Å². The first-order valence-corrected chi connectivity index (χ1v) is 5.53. The molecule has 94 valence electrons.